The highest BCUT2D eigenvalue weighted by atomic mass is 16.3. The third kappa shape index (κ3) is 2.37. The zero-order valence-electron chi connectivity index (χ0n) is 9.46. The number of hydrogen-bond acceptors (Lipinski definition) is 7. The highest BCUT2D eigenvalue weighted by Gasteiger charge is 2.25. The molecule has 2 heterocycles. The average Bonchev–Trinajstić information content (AvgIpc) is 2.14. The molecule has 0 saturated carbocycles. The van der Waals surface area contributed by atoms with Crippen LogP contribution in [-0.2, 0) is 6.54 Å². The Morgan fingerprint density at radius 1 is 1.38 bits per heavy atom. The Bertz CT molecular complexity index is 376. The normalized spacial score (nSPS) is 17.2. The van der Waals surface area contributed by atoms with Gasteiger partial charge in [-0.3, -0.25) is 4.90 Å². The molecule has 0 atom stereocenters. The van der Waals surface area contributed by atoms with Crippen LogP contribution >= 0.6 is 0 Å². The fraction of sp³-hybridized carbons (Fsp3) is 0.667. The first-order valence-electron chi connectivity index (χ1n) is 5.13. The molecule has 7 heteroatoms. The van der Waals surface area contributed by atoms with Crippen LogP contribution in [0.25, 0.3) is 0 Å². The number of likely N-dealkylation sites (tertiary alicyclic amines) is 1. The molecular weight excluding hydrogens is 208 g/mol. The van der Waals surface area contributed by atoms with Gasteiger partial charge in [-0.1, -0.05) is 0 Å². The van der Waals surface area contributed by atoms with E-state index in [0.29, 0.717) is 31.4 Å². The van der Waals surface area contributed by atoms with E-state index >= 15 is 0 Å². The number of aliphatic hydroxyl groups excluding tert-OH is 1. The molecule has 1 aliphatic rings. The summed E-state index contributed by atoms with van der Waals surface area (Å²) < 4.78 is 0. The summed E-state index contributed by atoms with van der Waals surface area (Å²) in [5.74, 6) is 1.43. The Labute approximate surface area is 93.9 Å². The molecule has 0 bridgehead atoms. The van der Waals surface area contributed by atoms with Crippen molar-refractivity contribution in [3.8, 4) is 0 Å². The van der Waals surface area contributed by atoms with Gasteiger partial charge < -0.3 is 15.7 Å². The zero-order valence-corrected chi connectivity index (χ0v) is 9.46. The van der Waals surface area contributed by atoms with E-state index in [-0.39, 0.29) is 12.1 Å². The maximum Gasteiger partial charge on any atom is 0.229 e. The third-order valence-electron chi connectivity index (χ3n) is 2.39. The standard InChI is InChI=1S/C9H16N6O/c1-14(2)9-12-7(11-8(10)13-9)5-15-3-6(16)4-15/h6,16H,3-5H2,1-2H3,(H2,10,11,12,13). The highest BCUT2D eigenvalue weighted by molar-refractivity contribution is 5.32. The lowest BCUT2D eigenvalue weighted by atomic mass is 10.2. The molecule has 0 aromatic carbocycles. The van der Waals surface area contributed by atoms with E-state index in [0.717, 1.165) is 0 Å². The van der Waals surface area contributed by atoms with Crippen LogP contribution in [0.5, 0.6) is 0 Å². The topological polar surface area (TPSA) is 91.4 Å². The molecule has 0 aliphatic carbocycles. The number of aromatic nitrogens is 3. The van der Waals surface area contributed by atoms with Crippen LogP contribution in [-0.4, -0.2) is 58.2 Å². The largest absolute Gasteiger partial charge is 0.390 e. The number of aliphatic hydroxyl groups is 1. The van der Waals surface area contributed by atoms with Gasteiger partial charge in [0.15, 0.2) is 0 Å². The molecule has 1 fully saturated rings. The molecule has 3 N–H and O–H groups in total. The summed E-state index contributed by atoms with van der Waals surface area (Å²) in [7, 11) is 3.71. The smallest absolute Gasteiger partial charge is 0.229 e. The Balaban J connectivity index is 2.08. The predicted molar refractivity (Wildman–Crippen MR) is 59.9 cm³/mol. The fourth-order valence-corrected chi connectivity index (χ4v) is 1.57. The van der Waals surface area contributed by atoms with E-state index < -0.39 is 0 Å². The van der Waals surface area contributed by atoms with Gasteiger partial charge in [-0.15, -0.1) is 0 Å². The van der Waals surface area contributed by atoms with Crippen molar-refractivity contribution in [1.82, 2.24) is 19.9 Å². The van der Waals surface area contributed by atoms with Crippen LogP contribution in [0.15, 0.2) is 0 Å². The maximum absolute atomic E-state index is 9.17. The summed E-state index contributed by atoms with van der Waals surface area (Å²) in [6.07, 6.45) is -0.215. The number of rotatable bonds is 3. The molecule has 88 valence electrons. The molecule has 7 nitrogen and oxygen atoms in total. The van der Waals surface area contributed by atoms with Crippen LogP contribution in [0, 0.1) is 0 Å². The van der Waals surface area contributed by atoms with Crippen LogP contribution in [0.1, 0.15) is 5.82 Å². The minimum atomic E-state index is -0.215. The second-order valence-corrected chi connectivity index (χ2v) is 4.15. The van der Waals surface area contributed by atoms with E-state index in [4.69, 9.17) is 10.8 Å². The van der Waals surface area contributed by atoms with Crippen LogP contribution in [0.2, 0.25) is 0 Å². The Morgan fingerprint density at radius 3 is 2.62 bits per heavy atom. The van der Waals surface area contributed by atoms with Gasteiger partial charge >= 0.3 is 0 Å². The van der Waals surface area contributed by atoms with Crippen molar-refractivity contribution in [3.63, 3.8) is 0 Å². The number of nitrogen functional groups attached to an aromatic ring is 1. The number of nitrogens with zero attached hydrogens (tertiary/aromatic N) is 5. The number of anilines is 2. The first kappa shape index (κ1) is 11.0. The fourth-order valence-electron chi connectivity index (χ4n) is 1.57. The summed E-state index contributed by atoms with van der Waals surface area (Å²) >= 11 is 0. The average molecular weight is 224 g/mol. The molecule has 1 aliphatic heterocycles. The lowest BCUT2D eigenvalue weighted by Gasteiger charge is -2.35. The monoisotopic (exact) mass is 224 g/mol. The second-order valence-electron chi connectivity index (χ2n) is 4.15. The molecular formula is C9H16N6O. The Morgan fingerprint density at radius 2 is 2.06 bits per heavy atom. The SMILES string of the molecule is CN(C)c1nc(N)nc(CN2CC(O)C2)n1. The van der Waals surface area contributed by atoms with Crippen LogP contribution in [0.3, 0.4) is 0 Å². The van der Waals surface area contributed by atoms with E-state index in [1.54, 1.807) is 4.90 Å². The molecule has 0 unspecified atom stereocenters. The Hall–Kier alpha value is -1.47. The molecule has 16 heavy (non-hydrogen) atoms. The first-order chi connectivity index (χ1) is 7.54. The molecule has 2 rings (SSSR count). The van der Waals surface area contributed by atoms with Crippen molar-refractivity contribution >= 4 is 11.9 Å². The molecule has 0 radical (unpaired) electrons. The molecule has 1 aromatic rings. The predicted octanol–water partition coefficient (Wildman–Crippen LogP) is -1.30. The lowest BCUT2D eigenvalue weighted by molar-refractivity contribution is -0.00426. The molecule has 0 amide bonds. The second kappa shape index (κ2) is 4.18. The van der Waals surface area contributed by atoms with Crippen molar-refractivity contribution in [3.05, 3.63) is 5.82 Å². The van der Waals surface area contributed by atoms with Crippen molar-refractivity contribution in [2.75, 3.05) is 37.8 Å². The van der Waals surface area contributed by atoms with Gasteiger partial charge in [0.25, 0.3) is 0 Å². The van der Waals surface area contributed by atoms with E-state index in [1.165, 1.54) is 0 Å². The number of hydrogen-bond donors (Lipinski definition) is 2. The minimum absolute atomic E-state index is 0.215. The third-order valence-corrected chi connectivity index (χ3v) is 2.39. The summed E-state index contributed by atoms with van der Waals surface area (Å²) in [5.41, 5.74) is 5.60. The van der Waals surface area contributed by atoms with Gasteiger partial charge in [0, 0.05) is 27.2 Å². The van der Waals surface area contributed by atoms with Crippen molar-refractivity contribution in [2.24, 2.45) is 0 Å². The van der Waals surface area contributed by atoms with Gasteiger partial charge in [-0.25, -0.2) is 0 Å². The Kier molecular flexibility index (Phi) is 2.88. The summed E-state index contributed by atoms with van der Waals surface area (Å²) in [4.78, 5) is 16.2. The first-order valence-corrected chi connectivity index (χ1v) is 5.13. The minimum Gasteiger partial charge on any atom is -0.390 e. The van der Waals surface area contributed by atoms with Crippen LogP contribution in [0.4, 0.5) is 11.9 Å². The van der Waals surface area contributed by atoms with Gasteiger partial charge in [0.2, 0.25) is 11.9 Å². The molecule has 0 spiro atoms. The van der Waals surface area contributed by atoms with Gasteiger partial charge in [-0.2, -0.15) is 15.0 Å². The number of β-amino-alcohol motifs (C(OH)–C–C–N with tert-alkyl or cyclic N) is 1. The van der Waals surface area contributed by atoms with Gasteiger partial charge in [0.1, 0.15) is 5.82 Å². The van der Waals surface area contributed by atoms with Crippen molar-refractivity contribution in [1.29, 1.82) is 0 Å². The lowest BCUT2D eigenvalue weighted by Crippen LogP contribution is -2.50. The van der Waals surface area contributed by atoms with Crippen molar-refractivity contribution < 1.29 is 5.11 Å². The molecule has 1 saturated heterocycles. The zero-order chi connectivity index (χ0) is 11.7. The molecule has 1 aromatic heterocycles. The number of nitrogens with two attached hydrogens (primary N) is 1. The quantitative estimate of drug-likeness (QED) is 0.659. The van der Waals surface area contributed by atoms with E-state index in [1.807, 2.05) is 14.1 Å². The van der Waals surface area contributed by atoms with Gasteiger partial charge in [0.05, 0.1) is 12.6 Å². The summed E-state index contributed by atoms with van der Waals surface area (Å²) in [6, 6.07) is 0. The highest BCUT2D eigenvalue weighted by Crippen LogP contribution is 2.12. The van der Waals surface area contributed by atoms with Crippen molar-refractivity contribution in [2.45, 2.75) is 12.6 Å². The van der Waals surface area contributed by atoms with Crippen LogP contribution < -0.4 is 10.6 Å². The van der Waals surface area contributed by atoms with Gasteiger partial charge in [-0.05, 0) is 0 Å². The summed E-state index contributed by atoms with van der Waals surface area (Å²) in [6.45, 7) is 1.94. The van der Waals surface area contributed by atoms with E-state index in [2.05, 4.69) is 19.9 Å². The van der Waals surface area contributed by atoms with E-state index in [9.17, 15) is 0 Å². The summed E-state index contributed by atoms with van der Waals surface area (Å²) in [5, 5.41) is 9.17. The maximum atomic E-state index is 9.17.